The summed E-state index contributed by atoms with van der Waals surface area (Å²) < 4.78 is 74.4. The molecule has 16 heteroatoms. The number of piperidine rings is 1. The molecule has 1 spiro atoms. The summed E-state index contributed by atoms with van der Waals surface area (Å²) in [6.07, 6.45) is -4.90. The predicted molar refractivity (Wildman–Crippen MR) is 158 cm³/mol. The number of carbonyl (C=O) groups is 4. The lowest BCUT2D eigenvalue weighted by Crippen LogP contribution is -2.65. The molecule has 2 aliphatic carbocycles. The Morgan fingerprint density at radius 2 is 1.64 bits per heavy atom. The van der Waals surface area contributed by atoms with Crippen LogP contribution in [0.4, 0.5) is 22.0 Å². The number of aromatic nitrogens is 1. The number of thiazole rings is 1. The molecule has 1 aromatic rings. The summed E-state index contributed by atoms with van der Waals surface area (Å²) in [7, 11) is 0. The maximum atomic E-state index is 14.1. The van der Waals surface area contributed by atoms with E-state index in [1.54, 1.807) is 4.90 Å². The number of nitrogens with one attached hydrogen (secondary N) is 1. The van der Waals surface area contributed by atoms with Crippen LogP contribution in [0.15, 0.2) is 11.7 Å². The van der Waals surface area contributed by atoms with E-state index in [-0.39, 0.29) is 75.3 Å². The van der Waals surface area contributed by atoms with Crippen LogP contribution in [0, 0.1) is 28.1 Å². The molecule has 5 aliphatic rings. The van der Waals surface area contributed by atoms with Crippen LogP contribution in [-0.4, -0.2) is 113 Å². The van der Waals surface area contributed by atoms with Crippen LogP contribution in [0.25, 0.3) is 0 Å². The van der Waals surface area contributed by atoms with Gasteiger partial charge in [0, 0.05) is 63.4 Å². The highest BCUT2D eigenvalue weighted by molar-refractivity contribution is 7.11. The smallest absolute Gasteiger partial charge is 0.375 e. The van der Waals surface area contributed by atoms with E-state index in [0.717, 1.165) is 17.8 Å². The van der Waals surface area contributed by atoms with Gasteiger partial charge in [-0.3, -0.25) is 24.2 Å². The van der Waals surface area contributed by atoms with E-state index in [4.69, 9.17) is 4.74 Å². The highest BCUT2D eigenvalue weighted by Crippen LogP contribution is 2.58. The van der Waals surface area contributed by atoms with Crippen molar-refractivity contribution in [2.24, 2.45) is 28.1 Å². The van der Waals surface area contributed by atoms with Crippen molar-refractivity contribution in [1.29, 1.82) is 0 Å². The average Bonchev–Trinajstić information content (AvgIpc) is 3.74. The second-order valence-electron chi connectivity index (χ2n) is 14.9. The van der Waals surface area contributed by atoms with Gasteiger partial charge in [0.15, 0.2) is 0 Å². The van der Waals surface area contributed by atoms with E-state index in [9.17, 15) is 41.1 Å². The van der Waals surface area contributed by atoms with Gasteiger partial charge in [-0.05, 0) is 31.6 Å². The summed E-state index contributed by atoms with van der Waals surface area (Å²) in [5.41, 5.74) is -1.41. The van der Waals surface area contributed by atoms with Crippen molar-refractivity contribution in [2.75, 3.05) is 45.9 Å². The first-order valence-electron chi connectivity index (χ1n) is 16.0. The highest BCUT2D eigenvalue weighted by Gasteiger charge is 2.64. The summed E-state index contributed by atoms with van der Waals surface area (Å²) in [4.78, 5) is 63.1. The molecule has 0 radical (unpaired) electrons. The van der Waals surface area contributed by atoms with E-state index in [1.165, 1.54) is 28.4 Å². The van der Waals surface area contributed by atoms with Gasteiger partial charge in [0.25, 0.3) is 11.8 Å². The minimum atomic E-state index is -4.50. The molecule has 47 heavy (non-hydrogen) atoms. The minimum absolute atomic E-state index is 0.0111. The second kappa shape index (κ2) is 11.6. The average molecular weight is 690 g/mol. The topological polar surface area (TPSA) is 112 Å². The van der Waals surface area contributed by atoms with Gasteiger partial charge in [-0.25, -0.2) is 8.78 Å². The van der Waals surface area contributed by atoms with Crippen molar-refractivity contribution in [3.05, 3.63) is 16.6 Å². The maximum absolute atomic E-state index is 14.1. The van der Waals surface area contributed by atoms with Crippen molar-refractivity contribution < 1.29 is 45.9 Å². The van der Waals surface area contributed by atoms with Crippen molar-refractivity contribution in [2.45, 2.75) is 77.1 Å². The maximum Gasteiger partial charge on any atom is 0.396 e. The fourth-order valence-corrected chi connectivity index (χ4v) is 7.78. The van der Waals surface area contributed by atoms with Crippen LogP contribution >= 0.6 is 11.3 Å². The Morgan fingerprint density at radius 1 is 1.02 bits per heavy atom. The lowest BCUT2D eigenvalue weighted by atomic mass is 9.70. The van der Waals surface area contributed by atoms with Crippen LogP contribution in [-0.2, 0) is 19.1 Å². The number of hydrogen-bond donors (Lipinski definition) is 1. The molecule has 260 valence electrons. The molecule has 1 unspecified atom stereocenters. The molecule has 5 fully saturated rings. The van der Waals surface area contributed by atoms with Crippen molar-refractivity contribution in [1.82, 2.24) is 25.0 Å². The largest absolute Gasteiger partial charge is 0.396 e. The number of rotatable bonds is 9. The standard InChI is InChI=1S/C31H40F5N5O5S/c1-18(46-16-29(4-5-29)31(34,35)36)22(26(45)39-8-6-30(32,33)7-9-39)38-23(42)20-12-40(25(44)21-11-37-17-47-21)13-28(20)14-41(15-28)24(43)19-10-27(19,2)3/h11,17-20,22H,4-10,12-16H2,1-3H3,(H,38,42)/t18-,19-,20+,22?/m1/s1. The molecule has 3 aliphatic heterocycles. The first kappa shape index (κ1) is 34.0. The second-order valence-corrected chi connectivity index (χ2v) is 15.8. The molecular formula is C31H40F5N5O5S. The van der Waals surface area contributed by atoms with Crippen LogP contribution in [0.2, 0.25) is 0 Å². The van der Waals surface area contributed by atoms with Gasteiger partial charge in [-0.15, -0.1) is 11.3 Å². The van der Waals surface area contributed by atoms with Gasteiger partial charge < -0.3 is 24.8 Å². The van der Waals surface area contributed by atoms with Gasteiger partial charge in [0.05, 0.1) is 35.8 Å². The van der Waals surface area contributed by atoms with Crippen molar-refractivity contribution in [3.8, 4) is 0 Å². The Labute approximate surface area is 273 Å². The van der Waals surface area contributed by atoms with Gasteiger partial charge in [-0.1, -0.05) is 13.8 Å². The van der Waals surface area contributed by atoms with Gasteiger partial charge >= 0.3 is 6.18 Å². The van der Waals surface area contributed by atoms with Crippen LogP contribution in [0.3, 0.4) is 0 Å². The number of hydrogen-bond acceptors (Lipinski definition) is 7. The monoisotopic (exact) mass is 689 g/mol. The number of ether oxygens (including phenoxy) is 1. The van der Waals surface area contributed by atoms with Crippen LogP contribution in [0.5, 0.6) is 0 Å². The Hall–Kier alpha value is -2.88. The zero-order valence-electron chi connectivity index (χ0n) is 26.6. The van der Waals surface area contributed by atoms with E-state index < -0.39 is 72.3 Å². The lowest BCUT2D eigenvalue weighted by Gasteiger charge is -2.50. The highest BCUT2D eigenvalue weighted by atomic mass is 32.1. The third-order valence-corrected chi connectivity index (χ3v) is 11.7. The third kappa shape index (κ3) is 6.47. The number of carbonyl (C=O) groups excluding carboxylic acids is 4. The summed E-state index contributed by atoms with van der Waals surface area (Å²) in [5, 5.41) is 2.71. The molecule has 10 nitrogen and oxygen atoms in total. The van der Waals surface area contributed by atoms with Gasteiger partial charge in [-0.2, -0.15) is 13.2 Å². The number of amides is 4. The van der Waals surface area contributed by atoms with Crippen molar-refractivity contribution in [3.63, 3.8) is 0 Å². The molecule has 2 saturated carbocycles. The van der Waals surface area contributed by atoms with Crippen LogP contribution < -0.4 is 5.32 Å². The number of likely N-dealkylation sites (tertiary alicyclic amines) is 3. The summed E-state index contributed by atoms with van der Waals surface area (Å²) in [5.74, 6) is -5.59. The Bertz CT molecular complexity index is 1400. The van der Waals surface area contributed by atoms with Gasteiger partial charge in [0.2, 0.25) is 17.7 Å². The van der Waals surface area contributed by atoms with E-state index in [1.807, 2.05) is 13.8 Å². The normalized spacial score (nSPS) is 28.0. The van der Waals surface area contributed by atoms with Crippen LogP contribution in [0.1, 0.15) is 62.5 Å². The quantitative estimate of drug-likeness (QED) is 0.397. The molecule has 0 bridgehead atoms. The molecule has 1 N–H and O–H groups in total. The summed E-state index contributed by atoms with van der Waals surface area (Å²) in [6.45, 7) is 4.76. The van der Waals surface area contributed by atoms with E-state index in [2.05, 4.69) is 10.3 Å². The zero-order chi connectivity index (χ0) is 34.2. The van der Waals surface area contributed by atoms with E-state index >= 15 is 0 Å². The molecule has 6 rings (SSSR count). The molecule has 4 heterocycles. The fraction of sp³-hybridized carbons (Fsp3) is 0.774. The zero-order valence-corrected chi connectivity index (χ0v) is 27.4. The van der Waals surface area contributed by atoms with E-state index in [0.29, 0.717) is 4.88 Å². The Kier molecular flexibility index (Phi) is 8.41. The molecular weight excluding hydrogens is 649 g/mol. The molecule has 0 aromatic carbocycles. The predicted octanol–water partition coefficient (Wildman–Crippen LogP) is 3.58. The Balaban J connectivity index is 1.21. The molecule has 4 amide bonds. The summed E-state index contributed by atoms with van der Waals surface area (Å²) >= 11 is 1.15. The Morgan fingerprint density at radius 3 is 2.17 bits per heavy atom. The third-order valence-electron chi connectivity index (χ3n) is 10.9. The lowest BCUT2D eigenvalue weighted by molar-refractivity contribution is -0.206. The SMILES string of the molecule is C[C@@H](OCC1(C(F)(F)F)CC1)C(NC(=O)[C@@H]1CN(C(=O)c2cncs2)CC12CN(C(=O)[C@H]1CC1(C)C)C2)C(=O)N1CCC(F)(F)CC1. The minimum Gasteiger partial charge on any atom is -0.375 e. The first-order chi connectivity index (χ1) is 21.9. The molecule has 1 aromatic heterocycles. The first-order valence-corrected chi connectivity index (χ1v) is 16.9. The summed E-state index contributed by atoms with van der Waals surface area (Å²) in [6, 6.07) is -1.45. The number of alkyl halides is 5. The van der Waals surface area contributed by atoms with Crippen molar-refractivity contribution >= 4 is 35.0 Å². The fourth-order valence-electron chi connectivity index (χ4n) is 7.19. The number of nitrogens with zero attached hydrogens (tertiary/aromatic N) is 4. The molecule has 4 atom stereocenters. The number of halogens is 5. The molecule has 3 saturated heterocycles. The van der Waals surface area contributed by atoms with Gasteiger partial charge in [0.1, 0.15) is 10.9 Å².